The molecule has 0 bridgehead atoms. The zero-order valence-corrected chi connectivity index (χ0v) is 16.1. The van der Waals surface area contributed by atoms with E-state index in [0.29, 0.717) is 22.0 Å². The molecule has 0 spiro atoms. The van der Waals surface area contributed by atoms with Gasteiger partial charge in [0.1, 0.15) is 12.1 Å². The maximum absolute atomic E-state index is 6.17. The van der Waals surface area contributed by atoms with Gasteiger partial charge in [-0.25, -0.2) is 9.97 Å². The van der Waals surface area contributed by atoms with Crippen molar-refractivity contribution in [3.8, 4) is 0 Å². The predicted molar refractivity (Wildman–Crippen MR) is 105 cm³/mol. The number of hydrogen-bond acceptors (Lipinski definition) is 4. The summed E-state index contributed by atoms with van der Waals surface area (Å²) in [5.74, 6) is 1.32. The Morgan fingerprint density at radius 3 is 2.54 bits per heavy atom. The molecular weight excluding hydrogens is 390 g/mol. The summed E-state index contributed by atoms with van der Waals surface area (Å²) >= 11 is 12.1. The first-order valence-corrected chi connectivity index (χ1v) is 8.12. The Kier molecular flexibility index (Phi) is 8.54. The second-order valence-corrected chi connectivity index (χ2v) is 6.51. The third-order valence-electron chi connectivity index (χ3n) is 4.00. The topological polar surface area (TPSA) is 63.8 Å². The maximum atomic E-state index is 6.17. The first kappa shape index (κ1) is 21.3. The molecule has 0 saturated heterocycles. The number of rotatable bonds is 5. The van der Waals surface area contributed by atoms with Crippen molar-refractivity contribution in [1.82, 2.24) is 9.97 Å². The van der Waals surface area contributed by atoms with Gasteiger partial charge in [-0.3, -0.25) is 0 Å². The van der Waals surface area contributed by atoms with Crippen LogP contribution in [-0.2, 0) is 6.42 Å². The molecule has 1 aliphatic rings. The molecule has 3 N–H and O–H groups in total. The van der Waals surface area contributed by atoms with E-state index in [0.717, 1.165) is 42.9 Å². The Labute approximate surface area is 164 Å². The molecule has 0 unspecified atom stereocenters. The molecule has 0 aliphatic heterocycles. The number of halogens is 4. The lowest BCUT2D eigenvalue weighted by Crippen LogP contribution is -2.35. The minimum atomic E-state index is 0. The van der Waals surface area contributed by atoms with Crippen LogP contribution in [0, 0.1) is 0 Å². The smallest absolute Gasteiger partial charge is 0.129 e. The van der Waals surface area contributed by atoms with Gasteiger partial charge in [0.25, 0.3) is 0 Å². The fourth-order valence-corrected chi connectivity index (χ4v) is 3.15. The Morgan fingerprint density at radius 1 is 1.12 bits per heavy atom. The van der Waals surface area contributed by atoms with Gasteiger partial charge in [-0.15, -0.1) is 24.8 Å². The van der Waals surface area contributed by atoms with Gasteiger partial charge >= 0.3 is 0 Å². The van der Waals surface area contributed by atoms with Gasteiger partial charge in [0.2, 0.25) is 0 Å². The third kappa shape index (κ3) is 5.36. The van der Waals surface area contributed by atoms with E-state index >= 15 is 0 Å². The number of benzene rings is 1. The molecule has 1 aromatic carbocycles. The summed E-state index contributed by atoms with van der Waals surface area (Å²) in [7, 11) is 0. The molecule has 2 aromatic rings. The normalized spacial score (nSPS) is 18.8. The fourth-order valence-electron chi connectivity index (χ4n) is 2.65. The lowest BCUT2D eigenvalue weighted by molar-refractivity contribution is 0.345. The molecule has 3 rings (SSSR count). The summed E-state index contributed by atoms with van der Waals surface area (Å²) in [4.78, 5) is 8.60. The second-order valence-electron chi connectivity index (χ2n) is 5.67. The molecule has 24 heavy (non-hydrogen) atoms. The van der Waals surface area contributed by atoms with E-state index in [-0.39, 0.29) is 24.8 Å². The first-order chi connectivity index (χ1) is 10.6. The SMILES string of the molecule is Cl.Cl.NC1CC(c2cc(NCCc3ccc(Cl)cc3Cl)ncn2)C1. The van der Waals surface area contributed by atoms with Crippen molar-refractivity contribution < 1.29 is 0 Å². The van der Waals surface area contributed by atoms with Crippen molar-refractivity contribution in [3.63, 3.8) is 0 Å². The number of anilines is 1. The molecule has 1 aliphatic carbocycles. The average Bonchev–Trinajstić information content (AvgIpc) is 2.47. The van der Waals surface area contributed by atoms with Crippen LogP contribution in [0.25, 0.3) is 0 Å². The molecular formula is C16H20Cl4N4. The highest BCUT2D eigenvalue weighted by Gasteiger charge is 2.28. The lowest BCUT2D eigenvalue weighted by Gasteiger charge is -2.31. The van der Waals surface area contributed by atoms with Crippen molar-refractivity contribution in [2.45, 2.75) is 31.2 Å². The van der Waals surface area contributed by atoms with Crippen LogP contribution in [0.15, 0.2) is 30.6 Å². The second kappa shape index (κ2) is 9.64. The highest BCUT2D eigenvalue weighted by atomic mass is 35.5. The summed E-state index contributed by atoms with van der Waals surface area (Å²) < 4.78 is 0. The standard InChI is InChI=1S/C16H18Cl2N4.2ClH/c17-12-2-1-10(14(18)7-12)3-4-20-16-8-15(21-9-22-16)11-5-13(19)6-11;;/h1-2,7-9,11,13H,3-6,19H2,(H,20,21,22);2*1H. The van der Waals surface area contributed by atoms with Gasteiger partial charge in [0.05, 0.1) is 0 Å². The van der Waals surface area contributed by atoms with Crippen LogP contribution < -0.4 is 11.1 Å². The summed E-state index contributed by atoms with van der Waals surface area (Å²) in [6, 6.07) is 7.91. The van der Waals surface area contributed by atoms with Crippen molar-refractivity contribution in [1.29, 1.82) is 0 Å². The summed E-state index contributed by atoms with van der Waals surface area (Å²) in [6.07, 6.45) is 4.44. The largest absolute Gasteiger partial charge is 0.370 e. The van der Waals surface area contributed by atoms with Crippen LogP contribution >= 0.6 is 48.0 Å². The highest BCUT2D eigenvalue weighted by molar-refractivity contribution is 6.35. The van der Waals surface area contributed by atoms with Crippen molar-refractivity contribution in [2.24, 2.45) is 5.73 Å². The predicted octanol–water partition coefficient (Wildman–Crippen LogP) is 4.49. The average molecular weight is 410 g/mol. The first-order valence-electron chi connectivity index (χ1n) is 7.37. The molecule has 1 aromatic heterocycles. The van der Waals surface area contributed by atoms with Crippen LogP contribution in [0.5, 0.6) is 0 Å². The highest BCUT2D eigenvalue weighted by Crippen LogP contribution is 2.34. The quantitative estimate of drug-likeness (QED) is 0.763. The third-order valence-corrected chi connectivity index (χ3v) is 4.58. The number of nitrogens with one attached hydrogen (secondary N) is 1. The number of nitrogens with two attached hydrogens (primary N) is 1. The number of nitrogens with zero attached hydrogens (tertiary/aromatic N) is 2. The van der Waals surface area contributed by atoms with Crippen LogP contribution in [0.4, 0.5) is 5.82 Å². The van der Waals surface area contributed by atoms with Gasteiger partial charge in [-0.2, -0.15) is 0 Å². The molecule has 0 atom stereocenters. The molecule has 4 nitrogen and oxygen atoms in total. The van der Waals surface area contributed by atoms with Crippen LogP contribution in [-0.4, -0.2) is 22.6 Å². The van der Waals surface area contributed by atoms with Crippen LogP contribution in [0.1, 0.15) is 30.0 Å². The van der Waals surface area contributed by atoms with Gasteiger partial charge in [0.15, 0.2) is 0 Å². The van der Waals surface area contributed by atoms with E-state index in [4.69, 9.17) is 28.9 Å². The molecule has 0 radical (unpaired) electrons. The summed E-state index contributed by atoms with van der Waals surface area (Å²) in [6.45, 7) is 0.752. The molecule has 1 saturated carbocycles. The zero-order chi connectivity index (χ0) is 15.5. The van der Waals surface area contributed by atoms with Crippen molar-refractivity contribution >= 4 is 53.8 Å². The van der Waals surface area contributed by atoms with Crippen LogP contribution in [0.2, 0.25) is 10.0 Å². The Balaban J connectivity index is 0.00000144. The molecule has 1 heterocycles. The zero-order valence-electron chi connectivity index (χ0n) is 12.9. The van der Waals surface area contributed by atoms with E-state index in [2.05, 4.69) is 15.3 Å². The number of hydrogen-bond donors (Lipinski definition) is 2. The minimum absolute atomic E-state index is 0. The summed E-state index contributed by atoms with van der Waals surface area (Å²) in [5.41, 5.74) is 7.97. The van der Waals surface area contributed by atoms with E-state index in [1.165, 1.54) is 0 Å². The lowest BCUT2D eigenvalue weighted by atomic mass is 9.79. The van der Waals surface area contributed by atoms with Crippen molar-refractivity contribution in [2.75, 3.05) is 11.9 Å². The van der Waals surface area contributed by atoms with Crippen molar-refractivity contribution in [3.05, 3.63) is 51.9 Å². The Morgan fingerprint density at radius 2 is 1.88 bits per heavy atom. The monoisotopic (exact) mass is 408 g/mol. The molecule has 1 fully saturated rings. The van der Waals surface area contributed by atoms with Crippen LogP contribution in [0.3, 0.4) is 0 Å². The van der Waals surface area contributed by atoms with E-state index < -0.39 is 0 Å². The van der Waals surface area contributed by atoms with E-state index in [1.807, 2.05) is 18.2 Å². The van der Waals surface area contributed by atoms with Gasteiger partial charge in [-0.05, 0) is 37.0 Å². The molecule has 132 valence electrons. The molecule has 0 amide bonds. The summed E-state index contributed by atoms with van der Waals surface area (Å²) in [5, 5.41) is 4.66. The van der Waals surface area contributed by atoms with E-state index in [9.17, 15) is 0 Å². The van der Waals surface area contributed by atoms with Gasteiger partial charge in [-0.1, -0.05) is 29.3 Å². The minimum Gasteiger partial charge on any atom is -0.370 e. The Hall–Kier alpha value is -0.780. The maximum Gasteiger partial charge on any atom is 0.129 e. The molecule has 8 heteroatoms. The van der Waals surface area contributed by atoms with Gasteiger partial charge in [0, 0.05) is 40.3 Å². The van der Waals surface area contributed by atoms with E-state index in [1.54, 1.807) is 12.4 Å². The Bertz CT molecular complexity index is 662. The number of aromatic nitrogens is 2. The van der Waals surface area contributed by atoms with Gasteiger partial charge < -0.3 is 11.1 Å². The fraction of sp³-hybridized carbons (Fsp3) is 0.375.